The summed E-state index contributed by atoms with van der Waals surface area (Å²) in [4.78, 5) is 43.5. The van der Waals surface area contributed by atoms with Gasteiger partial charge in [0, 0.05) is 6.92 Å². The van der Waals surface area contributed by atoms with E-state index in [-0.39, 0.29) is 17.7 Å². The van der Waals surface area contributed by atoms with E-state index in [0.29, 0.717) is 26.3 Å². The molecule has 0 saturated heterocycles. The van der Waals surface area contributed by atoms with Gasteiger partial charge in [-0.15, -0.1) is 0 Å². The van der Waals surface area contributed by atoms with Crippen LogP contribution in [0.1, 0.15) is 31.0 Å². The van der Waals surface area contributed by atoms with Crippen LogP contribution in [-0.2, 0) is 14.3 Å². The molecule has 1 aliphatic rings. The van der Waals surface area contributed by atoms with Gasteiger partial charge in [-0.3, -0.25) is 14.2 Å². The molecule has 3 aromatic carbocycles. The largest absolute Gasteiger partial charge is 0.458 e. The number of benzene rings is 3. The fourth-order valence-electron chi connectivity index (χ4n) is 4.51. The van der Waals surface area contributed by atoms with E-state index in [2.05, 4.69) is 11.6 Å². The lowest BCUT2D eigenvalue weighted by Crippen LogP contribution is -2.39. The standard InChI is InChI=1S/C30H24N2O5S/c1-4-16-36-29(35)26-18(2)31-30-32(27(26)21-12-14-23(15-13-21)37-19(3)33)28(34)25(38-30)17-22-10-7-9-20-8-5-6-11-24(20)22/h4-15,17,27H,1,16H2,2-3H3/b25-17-/t27-/m1/s1. The van der Waals surface area contributed by atoms with E-state index in [1.54, 1.807) is 31.2 Å². The number of carbonyl (C=O) groups excluding carboxylic acids is 2. The average molecular weight is 525 g/mol. The number of aromatic nitrogens is 1. The average Bonchev–Trinajstić information content (AvgIpc) is 3.21. The monoisotopic (exact) mass is 524 g/mol. The molecule has 1 aromatic heterocycles. The number of carbonyl (C=O) groups is 2. The molecular weight excluding hydrogens is 500 g/mol. The first kappa shape index (κ1) is 25.1. The van der Waals surface area contributed by atoms with E-state index in [0.717, 1.165) is 16.3 Å². The van der Waals surface area contributed by atoms with Crippen molar-refractivity contribution in [3.63, 3.8) is 0 Å². The van der Waals surface area contributed by atoms with Crippen molar-refractivity contribution in [2.75, 3.05) is 6.61 Å². The Morgan fingerprint density at radius 2 is 1.82 bits per heavy atom. The van der Waals surface area contributed by atoms with E-state index in [1.165, 1.54) is 28.9 Å². The summed E-state index contributed by atoms with van der Waals surface area (Å²) in [7, 11) is 0. The molecule has 0 saturated carbocycles. The smallest absolute Gasteiger partial charge is 0.338 e. The van der Waals surface area contributed by atoms with Gasteiger partial charge in [0.15, 0.2) is 4.80 Å². The summed E-state index contributed by atoms with van der Waals surface area (Å²) in [6, 6.07) is 19.9. The van der Waals surface area contributed by atoms with Gasteiger partial charge >= 0.3 is 11.9 Å². The third kappa shape index (κ3) is 4.73. The zero-order chi connectivity index (χ0) is 26.8. The second-order valence-electron chi connectivity index (χ2n) is 8.70. The number of esters is 2. The van der Waals surface area contributed by atoms with Crippen LogP contribution in [0.15, 0.2) is 100 Å². The molecule has 1 atom stereocenters. The van der Waals surface area contributed by atoms with Crippen LogP contribution >= 0.6 is 11.3 Å². The summed E-state index contributed by atoms with van der Waals surface area (Å²) < 4.78 is 12.6. The molecule has 0 N–H and O–H groups in total. The Hall–Kier alpha value is -4.56. The van der Waals surface area contributed by atoms with Crippen LogP contribution in [0.25, 0.3) is 16.8 Å². The van der Waals surface area contributed by atoms with Crippen LogP contribution in [0.2, 0.25) is 0 Å². The van der Waals surface area contributed by atoms with Crippen molar-refractivity contribution in [2.45, 2.75) is 19.9 Å². The van der Waals surface area contributed by atoms with Gasteiger partial charge in [0.2, 0.25) is 0 Å². The molecule has 1 aliphatic heterocycles. The minimum atomic E-state index is -0.774. The number of rotatable bonds is 6. The van der Waals surface area contributed by atoms with E-state index >= 15 is 0 Å². The van der Waals surface area contributed by atoms with Gasteiger partial charge < -0.3 is 9.47 Å². The van der Waals surface area contributed by atoms with E-state index in [9.17, 15) is 14.4 Å². The van der Waals surface area contributed by atoms with Gasteiger partial charge in [0.05, 0.1) is 21.8 Å². The molecule has 0 bridgehead atoms. The molecule has 8 heteroatoms. The van der Waals surface area contributed by atoms with Crippen molar-refractivity contribution in [3.05, 3.63) is 121 Å². The maximum atomic E-state index is 13.9. The first-order valence-electron chi connectivity index (χ1n) is 11.9. The molecular formula is C30H24N2O5S. The second kappa shape index (κ2) is 10.4. The lowest BCUT2D eigenvalue weighted by atomic mass is 9.96. The Kier molecular flexibility index (Phi) is 6.89. The molecule has 0 spiro atoms. The number of thiazole rings is 1. The topological polar surface area (TPSA) is 87.0 Å². The molecule has 0 amide bonds. The minimum Gasteiger partial charge on any atom is -0.458 e. The Balaban J connectivity index is 1.69. The highest BCUT2D eigenvalue weighted by Crippen LogP contribution is 2.31. The summed E-state index contributed by atoms with van der Waals surface area (Å²) in [5, 5.41) is 2.10. The molecule has 0 unspecified atom stereocenters. The second-order valence-corrected chi connectivity index (χ2v) is 9.71. The van der Waals surface area contributed by atoms with Gasteiger partial charge in [-0.25, -0.2) is 9.79 Å². The first-order chi connectivity index (χ1) is 18.4. The molecule has 0 radical (unpaired) electrons. The molecule has 190 valence electrons. The van der Waals surface area contributed by atoms with Crippen molar-refractivity contribution in [2.24, 2.45) is 4.99 Å². The zero-order valence-corrected chi connectivity index (χ0v) is 21.7. The van der Waals surface area contributed by atoms with Crippen molar-refractivity contribution < 1.29 is 19.1 Å². The molecule has 38 heavy (non-hydrogen) atoms. The summed E-state index contributed by atoms with van der Waals surface area (Å²) >= 11 is 1.27. The summed E-state index contributed by atoms with van der Waals surface area (Å²) in [6.45, 7) is 6.68. The quantitative estimate of drug-likeness (QED) is 0.216. The van der Waals surface area contributed by atoms with E-state index < -0.39 is 18.0 Å². The van der Waals surface area contributed by atoms with Crippen molar-refractivity contribution >= 4 is 40.1 Å². The van der Waals surface area contributed by atoms with Crippen LogP contribution in [0.5, 0.6) is 5.75 Å². The summed E-state index contributed by atoms with van der Waals surface area (Å²) in [6.07, 6.45) is 3.35. The van der Waals surface area contributed by atoms with Crippen molar-refractivity contribution in [1.29, 1.82) is 0 Å². The number of allylic oxidation sites excluding steroid dienone is 1. The van der Waals surface area contributed by atoms with Gasteiger partial charge in [-0.2, -0.15) is 0 Å². The normalized spacial score (nSPS) is 15.1. The lowest BCUT2D eigenvalue weighted by molar-refractivity contribution is -0.138. The summed E-state index contributed by atoms with van der Waals surface area (Å²) in [5.74, 6) is -0.659. The molecule has 5 rings (SSSR count). The zero-order valence-electron chi connectivity index (χ0n) is 20.8. The molecule has 7 nitrogen and oxygen atoms in total. The first-order valence-corrected chi connectivity index (χ1v) is 12.8. The maximum Gasteiger partial charge on any atom is 0.338 e. The predicted octanol–water partition coefficient (Wildman–Crippen LogP) is 4.04. The maximum absolute atomic E-state index is 13.9. The highest BCUT2D eigenvalue weighted by atomic mass is 32.1. The highest BCUT2D eigenvalue weighted by Gasteiger charge is 2.33. The van der Waals surface area contributed by atoms with Gasteiger partial charge in [0.1, 0.15) is 12.4 Å². The number of hydrogen-bond donors (Lipinski definition) is 0. The van der Waals surface area contributed by atoms with Crippen LogP contribution < -0.4 is 19.6 Å². The van der Waals surface area contributed by atoms with Gasteiger partial charge in [-0.05, 0) is 47.0 Å². The molecule has 0 fully saturated rings. The Bertz CT molecular complexity index is 1790. The number of hydrogen-bond acceptors (Lipinski definition) is 7. The number of nitrogens with zero attached hydrogens (tertiary/aromatic N) is 2. The van der Waals surface area contributed by atoms with Crippen LogP contribution in [0.4, 0.5) is 0 Å². The Morgan fingerprint density at radius 3 is 2.55 bits per heavy atom. The molecule has 2 heterocycles. The highest BCUT2D eigenvalue weighted by molar-refractivity contribution is 7.07. The Morgan fingerprint density at radius 1 is 1.08 bits per heavy atom. The van der Waals surface area contributed by atoms with Crippen LogP contribution in [-0.4, -0.2) is 23.1 Å². The molecule has 4 aromatic rings. The summed E-state index contributed by atoms with van der Waals surface area (Å²) in [5.41, 5.74) is 2.02. The molecule has 0 aliphatic carbocycles. The SMILES string of the molecule is C=CCOC(=O)C1=C(C)N=c2s/c(=C\c3cccc4ccccc34)c(=O)n2[C@@H]1c1ccc(OC(C)=O)cc1. The van der Waals surface area contributed by atoms with Gasteiger partial charge in [-0.1, -0.05) is 78.6 Å². The minimum absolute atomic E-state index is 0.0270. The van der Waals surface area contributed by atoms with Crippen molar-refractivity contribution in [1.82, 2.24) is 4.57 Å². The van der Waals surface area contributed by atoms with E-state index in [1.807, 2.05) is 48.5 Å². The fourth-order valence-corrected chi connectivity index (χ4v) is 5.55. The number of fused-ring (bicyclic) bond motifs is 2. The third-order valence-corrected chi connectivity index (χ3v) is 7.12. The van der Waals surface area contributed by atoms with Gasteiger partial charge in [0.25, 0.3) is 5.56 Å². The van der Waals surface area contributed by atoms with Crippen LogP contribution in [0, 0.1) is 0 Å². The predicted molar refractivity (Wildman–Crippen MR) is 147 cm³/mol. The van der Waals surface area contributed by atoms with Crippen LogP contribution in [0.3, 0.4) is 0 Å². The lowest BCUT2D eigenvalue weighted by Gasteiger charge is -2.24. The number of ether oxygens (including phenoxy) is 2. The fraction of sp³-hybridized carbons (Fsp3) is 0.133. The van der Waals surface area contributed by atoms with E-state index in [4.69, 9.17) is 9.47 Å². The Labute approximate surface area is 222 Å². The van der Waals surface area contributed by atoms with Crippen molar-refractivity contribution in [3.8, 4) is 5.75 Å². The third-order valence-electron chi connectivity index (χ3n) is 6.14.